The second kappa shape index (κ2) is 8.93. The summed E-state index contributed by atoms with van der Waals surface area (Å²) in [5.74, 6) is 0. The number of ether oxygens (including phenoxy) is 1. The van der Waals surface area contributed by atoms with Crippen molar-refractivity contribution < 1.29 is 4.74 Å². The highest BCUT2D eigenvalue weighted by Gasteiger charge is 2.17. The molecule has 112 valence electrons. The topological polar surface area (TPSA) is 24.5 Å². The summed E-state index contributed by atoms with van der Waals surface area (Å²) in [6.07, 6.45) is 11.0. The fourth-order valence-corrected chi connectivity index (χ4v) is 3.38. The van der Waals surface area contributed by atoms with Gasteiger partial charge in [-0.05, 0) is 77.5 Å². The van der Waals surface area contributed by atoms with Gasteiger partial charge in [0.25, 0.3) is 0 Å². The van der Waals surface area contributed by atoms with Crippen LogP contribution in [-0.2, 0) is 4.74 Å². The number of nitrogens with zero attached hydrogens (tertiary/aromatic N) is 1. The van der Waals surface area contributed by atoms with Gasteiger partial charge in [0, 0.05) is 12.6 Å². The molecular weight excluding hydrogens is 236 g/mol. The van der Waals surface area contributed by atoms with Gasteiger partial charge >= 0.3 is 0 Å². The van der Waals surface area contributed by atoms with Crippen LogP contribution in [0.15, 0.2) is 0 Å². The first-order valence-corrected chi connectivity index (χ1v) is 8.46. The highest BCUT2D eigenvalue weighted by molar-refractivity contribution is 4.75. The maximum atomic E-state index is 5.79. The summed E-state index contributed by atoms with van der Waals surface area (Å²) in [5, 5.41) is 3.76. The highest BCUT2D eigenvalue weighted by Crippen LogP contribution is 2.16. The van der Waals surface area contributed by atoms with Crippen molar-refractivity contribution in [2.45, 2.75) is 70.4 Å². The Labute approximate surface area is 119 Å². The summed E-state index contributed by atoms with van der Waals surface area (Å²) in [4.78, 5) is 2.63. The zero-order valence-corrected chi connectivity index (χ0v) is 12.7. The average molecular weight is 268 g/mol. The number of rotatable bonds is 6. The standard InChI is InChI=1S/C16H32N2O/c1-2-11-18-12-5-6-15(9-13-18)17-10-8-16-7-3-4-14-19-16/h15-17H,2-14H2,1H3. The number of hydrogen-bond donors (Lipinski definition) is 1. The molecule has 1 N–H and O–H groups in total. The molecule has 2 aliphatic rings. The molecule has 0 spiro atoms. The van der Waals surface area contributed by atoms with E-state index in [2.05, 4.69) is 17.1 Å². The Hall–Kier alpha value is -0.120. The summed E-state index contributed by atoms with van der Waals surface area (Å²) in [6.45, 7) is 8.28. The van der Waals surface area contributed by atoms with Crippen LogP contribution in [0.2, 0.25) is 0 Å². The van der Waals surface area contributed by atoms with Gasteiger partial charge in [-0.1, -0.05) is 6.92 Å². The summed E-state index contributed by atoms with van der Waals surface area (Å²) < 4.78 is 5.79. The second-order valence-corrected chi connectivity index (χ2v) is 6.20. The highest BCUT2D eigenvalue weighted by atomic mass is 16.5. The second-order valence-electron chi connectivity index (χ2n) is 6.20. The predicted octanol–water partition coefficient (Wildman–Crippen LogP) is 2.80. The lowest BCUT2D eigenvalue weighted by Crippen LogP contribution is -2.34. The SMILES string of the molecule is CCCN1CCCC(NCCC2CCCCO2)CC1. The summed E-state index contributed by atoms with van der Waals surface area (Å²) >= 11 is 0. The lowest BCUT2D eigenvalue weighted by Gasteiger charge is -2.24. The Morgan fingerprint density at radius 3 is 2.84 bits per heavy atom. The van der Waals surface area contributed by atoms with Crippen LogP contribution < -0.4 is 5.32 Å². The van der Waals surface area contributed by atoms with Crippen molar-refractivity contribution in [3.8, 4) is 0 Å². The van der Waals surface area contributed by atoms with E-state index in [9.17, 15) is 0 Å². The van der Waals surface area contributed by atoms with E-state index < -0.39 is 0 Å². The smallest absolute Gasteiger partial charge is 0.0587 e. The molecule has 0 amide bonds. The Bertz CT molecular complexity index is 229. The van der Waals surface area contributed by atoms with Crippen molar-refractivity contribution in [2.24, 2.45) is 0 Å². The van der Waals surface area contributed by atoms with Gasteiger partial charge in [-0.3, -0.25) is 0 Å². The van der Waals surface area contributed by atoms with E-state index in [4.69, 9.17) is 4.74 Å². The van der Waals surface area contributed by atoms with Gasteiger partial charge in [-0.25, -0.2) is 0 Å². The maximum absolute atomic E-state index is 5.79. The van der Waals surface area contributed by atoms with E-state index in [1.165, 1.54) is 71.0 Å². The lowest BCUT2D eigenvalue weighted by atomic mass is 10.1. The Morgan fingerprint density at radius 1 is 1.11 bits per heavy atom. The largest absolute Gasteiger partial charge is 0.378 e. The van der Waals surface area contributed by atoms with Crippen LogP contribution in [0.3, 0.4) is 0 Å². The summed E-state index contributed by atoms with van der Waals surface area (Å²) in [6, 6.07) is 0.741. The minimum Gasteiger partial charge on any atom is -0.378 e. The molecule has 2 rings (SSSR count). The lowest BCUT2D eigenvalue weighted by molar-refractivity contribution is 0.0111. The van der Waals surface area contributed by atoms with Crippen molar-refractivity contribution in [1.29, 1.82) is 0 Å². The van der Waals surface area contributed by atoms with Crippen molar-refractivity contribution in [2.75, 3.05) is 32.8 Å². The van der Waals surface area contributed by atoms with Crippen LogP contribution in [0.4, 0.5) is 0 Å². The molecule has 0 saturated carbocycles. The fraction of sp³-hybridized carbons (Fsp3) is 1.00. The molecule has 0 radical (unpaired) electrons. The molecule has 2 fully saturated rings. The number of likely N-dealkylation sites (tertiary alicyclic amines) is 1. The Balaban J connectivity index is 1.57. The van der Waals surface area contributed by atoms with Crippen molar-refractivity contribution >= 4 is 0 Å². The molecular formula is C16H32N2O. The Kier molecular flexibility index (Phi) is 7.18. The molecule has 2 heterocycles. The van der Waals surface area contributed by atoms with E-state index in [0.717, 1.165) is 19.2 Å². The monoisotopic (exact) mass is 268 g/mol. The molecule has 0 aromatic rings. The third kappa shape index (κ3) is 5.80. The van der Waals surface area contributed by atoms with Crippen molar-refractivity contribution in [1.82, 2.24) is 10.2 Å². The molecule has 3 nitrogen and oxygen atoms in total. The minimum atomic E-state index is 0.531. The van der Waals surface area contributed by atoms with E-state index in [1.807, 2.05) is 0 Å². The van der Waals surface area contributed by atoms with Crippen molar-refractivity contribution in [3.05, 3.63) is 0 Å². The van der Waals surface area contributed by atoms with Crippen LogP contribution in [0.5, 0.6) is 0 Å². The van der Waals surface area contributed by atoms with Gasteiger partial charge < -0.3 is 15.0 Å². The quantitative estimate of drug-likeness (QED) is 0.801. The number of nitrogens with one attached hydrogen (secondary N) is 1. The normalized spacial score (nSPS) is 30.2. The first-order chi connectivity index (χ1) is 9.38. The summed E-state index contributed by atoms with van der Waals surface area (Å²) in [5.41, 5.74) is 0. The molecule has 19 heavy (non-hydrogen) atoms. The number of hydrogen-bond acceptors (Lipinski definition) is 3. The molecule has 2 aliphatic heterocycles. The van der Waals surface area contributed by atoms with Crippen LogP contribution in [0, 0.1) is 0 Å². The van der Waals surface area contributed by atoms with E-state index in [1.54, 1.807) is 0 Å². The molecule has 0 aliphatic carbocycles. The van der Waals surface area contributed by atoms with Gasteiger partial charge in [-0.15, -0.1) is 0 Å². The molecule has 3 heteroatoms. The van der Waals surface area contributed by atoms with Crippen LogP contribution in [0.1, 0.15) is 58.3 Å². The third-order valence-electron chi connectivity index (χ3n) is 4.53. The first-order valence-electron chi connectivity index (χ1n) is 8.46. The van der Waals surface area contributed by atoms with E-state index in [0.29, 0.717) is 6.10 Å². The Morgan fingerprint density at radius 2 is 2.05 bits per heavy atom. The van der Waals surface area contributed by atoms with E-state index >= 15 is 0 Å². The zero-order chi connectivity index (χ0) is 13.3. The third-order valence-corrected chi connectivity index (χ3v) is 4.53. The molecule has 2 unspecified atom stereocenters. The zero-order valence-electron chi connectivity index (χ0n) is 12.7. The van der Waals surface area contributed by atoms with Crippen molar-refractivity contribution in [3.63, 3.8) is 0 Å². The van der Waals surface area contributed by atoms with Gasteiger partial charge in [0.2, 0.25) is 0 Å². The minimum absolute atomic E-state index is 0.531. The average Bonchev–Trinajstić information content (AvgIpc) is 2.66. The van der Waals surface area contributed by atoms with E-state index in [-0.39, 0.29) is 0 Å². The van der Waals surface area contributed by atoms with Crippen LogP contribution >= 0.6 is 0 Å². The fourth-order valence-electron chi connectivity index (χ4n) is 3.38. The van der Waals surface area contributed by atoms with Gasteiger partial charge in [-0.2, -0.15) is 0 Å². The van der Waals surface area contributed by atoms with Gasteiger partial charge in [0.05, 0.1) is 6.10 Å². The predicted molar refractivity (Wildman–Crippen MR) is 80.6 cm³/mol. The van der Waals surface area contributed by atoms with Crippen LogP contribution in [0.25, 0.3) is 0 Å². The molecule has 2 saturated heterocycles. The van der Waals surface area contributed by atoms with Gasteiger partial charge in [0.1, 0.15) is 0 Å². The molecule has 0 aromatic heterocycles. The first kappa shape index (κ1) is 15.3. The van der Waals surface area contributed by atoms with Gasteiger partial charge in [0.15, 0.2) is 0 Å². The summed E-state index contributed by atoms with van der Waals surface area (Å²) in [7, 11) is 0. The van der Waals surface area contributed by atoms with Crippen LogP contribution in [-0.4, -0.2) is 49.8 Å². The molecule has 0 bridgehead atoms. The maximum Gasteiger partial charge on any atom is 0.0587 e. The molecule has 0 aromatic carbocycles. The molecule has 2 atom stereocenters.